The molecule has 0 atom stereocenters. The Bertz CT molecular complexity index is 948. The Morgan fingerprint density at radius 1 is 1.17 bits per heavy atom. The average Bonchev–Trinajstić information content (AvgIpc) is 2.96. The second-order valence-corrected chi connectivity index (χ2v) is 6.37. The lowest BCUT2D eigenvalue weighted by atomic mass is 9.94. The van der Waals surface area contributed by atoms with Gasteiger partial charge in [-0.05, 0) is 43.0 Å². The van der Waals surface area contributed by atoms with E-state index in [-0.39, 0.29) is 5.82 Å². The third-order valence-corrected chi connectivity index (χ3v) is 4.88. The van der Waals surface area contributed by atoms with Gasteiger partial charge in [0.05, 0.1) is 16.9 Å². The van der Waals surface area contributed by atoms with Crippen molar-refractivity contribution < 1.29 is 4.39 Å². The highest BCUT2D eigenvalue weighted by Gasteiger charge is 2.22. The zero-order valence-corrected chi connectivity index (χ0v) is 14.2. The van der Waals surface area contributed by atoms with Crippen LogP contribution in [0.3, 0.4) is 0 Å². The van der Waals surface area contributed by atoms with Crippen LogP contribution in [0.25, 0.3) is 16.8 Å². The fourth-order valence-electron chi connectivity index (χ4n) is 3.40. The molecule has 0 amide bonds. The number of rotatable bonds is 2. The highest BCUT2D eigenvalue weighted by molar-refractivity contribution is 6.33. The van der Waals surface area contributed by atoms with Gasteiger partial charge < -0.3 is 0 Å². The molecule has 0 saturated heterocycles. The molecule has 4 nitrogen and oxygen atoms in total. The van der Waals surface area contributed by atoms with Crippen LogP contribution >= 0.6 is 11.6 Å². The first kappa shape index (κ1) is 15.3. The lowest BCUT2D eigenvalue weighted by Gasteiger charge is -2.21. The summed E-state index contributed by atoms with van der Waals surface area (Å²) in [5, 5.41) is 8.95. The summed E-state index contributed by atoms with van der Waals surface area (Å²) in [5.41, 5.74) is 4.40. The van der Waals surface area contributed by atoms with Crippen LogP contribution in [0.4, 0.5) is 4.39 Å². The molecular weight excluding hydrogens is 327 g/mol. The molecule has 4 rings (SSSR count). The third-order valence-electron chi connectivity index (χ3n) is 4.57. The number of hydrogen-bond acceptors (Lipinski definition) is 3. The topological polar surface area (TPSA) is 43.6 Å². The van der Waals surface area contributed by atoms with Crippen LogP contribution in [-0.2, 0) is 19.3 Å². The van der Waals surface area contributed by atoms with E-state index in [1.54, 1.807) is 6.20 Å². The summed E-state index contributed by atoms with van der Waals surface area (Å²) in [6.45, 7) is 3.86. The smallest absolute Gasteiger partial charge is 0.145 e. The minimum Gasteiger partial charge on any atom is -0.283 e. The molecule has 0 fully saturated rings. The quantitative estimate of drug-likeness (QED) is 0.704. The van der Waals surface area contributed by atoms with E-state index in [0.29, 0.717) is 17.0 Å². The second-order valence-electron chi connectivity index (χ2n) is 5.96. The number of pyridine rings is 1. The van der Waals surface area contributed by atoms with Crippen LogP contribution in [0.2, 0.25) is 5.02 Å². The van der Waals surface area contributed by atoms with Gasteiger partial charge >= 0.3 is 0 Å². The van der Waals surface area contributed by atoms with Gasteiger partial charge in [-0.1, -0.05) is 18.5 Å². The van der Waals surface area contributed by atoms with E-state index in [4.69, 9.17) is 11.6 Å². The first-order chi connectivity index (χ1) is 11.6. The Balaban J connectivity index is 1.93. The van der Waals surface area contributed by atoms with Crippen molar-refractivity contribution in [3.63, 3.8) is 0 Å². The first-order valence-electron chi connectivity index (χ1n) is 7.96. The molecule has 3 aromatic rings. The molecule has 0 spiro atoms. The van der Waals surface area contributed by atoms with Crippen LogP contribution in [0, 0.1) is 12.7 Å². The fraction of sp³-hybridized carbons (Fsp3) is 0.278. The molecular formula is C18H16ClFN4. The van der Waals surface area contributed by atoms with Gasteiger partial charge in [0.25, 0.3) is 0 Å². The first-order valence-corrected chi connectivity index (χ1v) is 8.34. The van der Waals surface area contributed by atoms with E-state index in [9.17, 15) is 4.39 Å². The molecule has 1 aliphatic rings. The third kappa shape index (κ3) is 2.23. The summed E-state index contributed by atoms with van der Waals surface area (Å²) in [5.74, 6) is 1.50. The van der Waals surface area contributed by atoms with E-state index in [0.717, 1.165) is 46.9 Å². The van der Waals surface area contributed by atoms with E-state index in [2.05, 4.69) is 21.2 Å². The molecule has 1 aromatic carbocycles. The van der Waals surface area contributed by atoms with Crippen LogP contribution in [0.5, 0.6) is 0 Å². The summed E-state index contributed by atoms with van der Waals surface area (Å²) in [4.78, 5) is 4.01. The van der Waals surface area contributed by atoms with Crippen molar-refractivity contribution in [2.75, 3.05) is 0 Å². The van der Waals surface area contributed by atoms with E-state index < -0.39 is 0 Å². The SMILES string of the molecule is CCc1c(F)cncc1-c1cc2c(cc1Cl)-n1c(C)nnc1CC2. The molecule has 2 aromatic heterocycles. The number of hydrogen-bond donors (Lipinski definition) is 0. The maximum atomic E-state index is 14.1. The van der Waals surface area contributed by atoms with Crippen LogP contribution < -0.4 is 0 Å². The highest BCUT2D eigenvalue weighted by Crippen LogP contribution is 2.37. The van der Waals surface area contributed by atoms with Gasteiger partial charge in [0.1, 0.15) is 17.5 Å². The van der Waals surface area contributed by atoms with E-state index in [1.165, 1.54) is 6.20 Å². The molecule has 0 N–H and O–H groups in total. The maximum absolute atomic E-state index is 14.1. The van der Waals surface area contributed by atoms with E-state index in [1.807, 2.05) is 24.5 Å². The summed E-state index contributed by atoms with van der Waals surface area (Å²) in [6.07, 6.45) is 5.22. The van der Waals surface area contributed by atoms with E-state index >= 15 is 0 Å². The molecule has 6 heteroatoms. The highest BCUT2D eigenvalue weighted by atomic mass is 35.5. The lowest BCUT2D eigenvalue weighted by molar-refractivity contribution is 0.606. The number of aromatic nitrogens is 4. The zero-order valence-electron chi connectivity index (χ0n) is 13.5. The second kappa shape index (κ2) is 5.67. The molecule has 0 unspecified atom stereocenters. The van der Waals surface area contributed by atoms with Crippen molar-refractivity contribution in [3.8, 4) is 16.8 Å². The molecule has 24 heavy (non-hydrogen) atoms. The van der Waals surface area contributed by atoms with Crippen molar-refractivity contribution in [1.82, 2.24) is 19.7 Å². The Labute approximate surface area is 144 Å². The van der Waals surface area contributed by atoms with Gasteiger partial charge in [0.2, 0.25) is 0 Å². The fourth-order valence-corrected chi connectivity index (χ4v) is 3.66. The average molecular weight is 343 g/mol. The Hall–Kier alpha value is -2.27. The van der Waals surface area contributed by atoms with Gasteiger partial charge in [0.15, 0.2) is 0 Å². The lowest BCUT2D eigenvalue weighted by Crippen LogP contribution is -2.13. The van der Waals surface area contributed by atoms with Crippen LogP contribution in [-0.4, -0.2) is 19.7 Å². The molecule has 3 heterocycles. The Kier molecular flexibility index (Phi) is 3.61. The normalized spacial score (nSPS) is 12.8. The number of nitrogens with zero attached hydrogens (tertiary/aromatic N) is 4. The van der Waals surface area contributed by atoms with Crippen molar-refractivity contribution in [2.45, 2.75) is 33.1 Å². The Morgan fingerprint density at radius 2 is 2.00 bits per heavy atom. The Morgan fingerprint density at radius 3 is 2.79 bits per heavy atom. The zero-order chi connectivity index (χ0) is 16.8. The monoisotopic (exact) mass is 342 g/mol. The molecule has 0 aliphatic carbocycles. The van der Waals surface area contributed by atoms with Gasteiger partial charge in [-0.2, -0.15) is 0 Å². The van der Waals surface area contributed by atoms with Crippen molar-refractivity contribution in [3.05, 3.63) is 58.1 Å². The summed E-state index contributed by atoms with van der Waals surface area (Å²) in [6, 6.07) is 3.98. The number of aryl methyl sites for hydroxylation is 3. The van der Waals surface area contributed by atoms with Gasteiger partial charge in [-0.25, -0.2) is 4.39 Å². The molecule has 0 radical (unpaired) electrons. The largest absolute Gasteiger partial charge is 0.283 e. The van der Waals surface area contributed by atoms with Crippen molar-refractivity contribution >= 4 is 11.6 Å². The number of halogens is 2. The molecule has 122 valence electrons. The van der Waals surface area contributed by atoms with Crippen molar-refractivity contribution in [2.24, 2.45) is 0 Å². The molecule has 0 bridgehead atoms. The minimum atomic E-state index is -0.291. The predicted octanol–water partition coefficient (Wildman–Crippen LogP) is 4.09. The summed E-state index contributed by atoms with van der Waals surface area (Å²) < 4.78 is 16.1. The predicted molar refractivity (Wildman–Crippen MR) is 91.1 cm³/mol. The van der Waals surface area contributed by atoms with Gasteiger partial charge in [-0.15, -0.1) is 10.2 Å². The summed E-state index contributed by atoms with van der Waals surface area (Å²) >= 11 is 6.56. The van der Waals surface area contributed by atoms with Gasteiger partial charge in [0, 0.05) is 23.7 Å². The van der Waals surface area contributed by atoms with Crippen molar-refractivity contribution in [1.29, 1.82) is 0 Å². The number of fused-ring (bicyclic) bond motifs is 3. The van der Waals surface area contributed by atoms with Crippen LogP contribution in [0.15, 0.2) is 24.5 Å². The van der Waals surface area contributed by atoms with Gasteiger partial charge in [-0.3, -0.25) is 9.55 Å². The number of benzene rings is 1. The summed E-state index contributed by atoms with van der Waals surface area (Å²) in [7, 11) is 0. The van der Waals surface area contributed by atoms with Crippen LogP contribution in [0.1, 0.15) is 29.7 Å². The molecule has 0 saturated carbocycles. The minimum absolute atomic E-state index is 0.291. The standard InChI is InChI=1S/C18H16ClFN4/c1-3-12-14(8-21-9-16(12)20)13-6-11-4-5-18-23-22-10(2)24(18)17(11)7-15(13)19/h6-9H,3-5H2,1-2H3. The molecule has 1 aliphatic heterocycles. The maximum Gasteiger partial charge on any atom is 0.145 e.